The van der Waals surface area contributed by atoms with Crippen LogP contribution in [0.25, 0.3) is 28.0 Å². The van der Waals surface area contributed by atoms with Crippen LogP contribution in [0.15, 0.2) is 54.9 Å². The lowest BCUT2D eigenvalue weighted by molar-refractivity contribution is -0.151. The second-order valence-electron chi connectivity index (χ2n) is 17.0. The first kappa shape index (κ1) is 43.1. The van der Waals surface area contributed by atoms with Gasteiger partial charge in [0.1, 0.15) is 19.0 Å². The molecule has 56 heavy (non-hydrogen) atoms. The number of halogens is 1. The van der Waals surface area contributed by atoms with Crippen LogP contribution in [0.1, 0.15) is 61.5 Å². The van der Waals surface area contributed by atoms with E-state index < -0.39 is 40.2 Å². The fourth-order valence-electron chi connectivity index (χ4n) is 6.88. The number of aromatic nitrogens is 4. The molecule has 0 saturated heterocycles. The molecule has 14 heteroatoms. The van der Waals surface area contributed by atoms with Crippen LogP contribution in [0.3, 0.4) is 0 Å². The van der Waals surface area contributed by atoms with E-state index in [1.165, 1.54) is 0 Å². The van der Waals surface area contributed by atoms with Crippen molar-refractivity contribution < 1.29 is 32.9 Å². The van der Waals surface area contributed by atoms with Crippen LogP contribution in [0.5, 0.6) is 0 Å². The largest absolute Gasteiger partial charge is 0.464 e. The van der Waals surface area contributed by atoms with Gasteiger partial charge in [-0.2, -0.15) is 9.61 Å². The molecule has 0 radical (unpaired) electrons. The van der Waals surface area contributed by atoms with Gasteiger partial charge in [0.05, 0.1) is 30.8 Å². The average Bonchev–Trinajstić information content (AvgIpc) is 3.60. The summed E-state index contributed by atoms with van der Waals surface area (Å²) in [4.78, 5) is 38.5. The second-order valence-corrected chi connectivity index (χ2v) is 28.3. The van der Waals surface area contributed by atoms with Crippen LogP contribution in [-0.2, 0) is 23.7 Å². The van der Waals surface area contributed by atoms with Gasteiger partial charge in [0.15, 0.2) is 17.6 Å². The summed E-state index contributed by atoms with van der Waals surface area (Å²) in [6, 6.07) is 15.9. The predicted octanol–water partition coefficient (Wildman–Crippen LogP) is 9.24. The summed E-state index contributed by atoms with van der Waals surface area (Å²) in [6.45, 7) is 19.0. The van der Waals surface area contributed by atoms with E-state index >= 15 is 4.39 Å². The van der Waals surface area contributed by atoms with E-state index in [-0.39, 0.29) is 32.6 Å². The lowest BCUT2D eigenvalue weighted by Crippen LogP contribution is -2.36. The van der Waals surface area contributed by atoms with E-state index in [1.807, 2.05) is 53.6 Å². The molecule has 1 aliphatic rings. The maximum absolute atomic E-state index is 15.3. The SMILES string of the molecule is CCOC(=O)c1c(C2CCC([C@H](F)C(=O)OCC)CC2)nc2c(-c3ccc(-c4ccccc4)nc3)cnn2c1N(COCC[Si](C)(C)C)COCC[Si](C)(C)C. The Morgan fingerprint density at radius 2 is 1.46 bits per heavy atom. The Bertz CT molecular complexity index is 1870. The fourth-order valence-corrected chi connectivity index (χ4v) is 8.40. The summed E-state index contributed by atoms with van der Waals surface area (Å²) in [5.41, 5.74) is 4.80. The van der Waals surface area contributed by atoms with Crippen molar-refractivity contribution in [2.45, 2.75) is 103 Å². The Morgan fingerprint density at radius 1 is 0.839 bits per heavy atom. The van der Waals surface area contributed by atoms with Crippen LogP contribution in [0.2, 0.25) is 51.4 Å². The number of hydrogen-bond donors (Lipinski definition) is 0. The van der Waals surface area contributed by atoms with Crippen molar-refractivity contribution in [3.63, 3.8) is 0 Å². The number of nitrogens with zero attached hydrogens (tertiary/aromatic N) is 5. The molecule has 5 rings (SSSR count). The van der Waals surface area contributed by atoms with Crippen LogP contribution < -0.4 is 4.90 Å². The molecular weight excluding hydrogens is 746 g/mol. The third-order valence-electron chi connectivity index (χ3n) is 10.1. The molecule has 4 aromatic rings. The van der Waals surface area contributed by atoms with Crippen molar-refractivity contribution in [2.75, 3.05) is 44.8 Å². The highest BCUT2D eigenvalue weighted by molar-refractivity contribution is 6.76. The van der Waals surface area contributed by atoms with Gasteiger partial charge in [-0.05, 0) is 57.7 Å². The monoisotopic (exact) mass is 805 g/mol. The van der Waals surface area contributed by atoms with E-state index in [4.69, 9.17) is 34.0 Å². The minimum absolute atomic E-state index is 0.128. The number of pyridine rings is 1. The lowest BCUT2D eigenvalue weighted by Gasteiger charge is -2.32. The average molecular weight is 806 g/mol. The van der Waals surface area contributed by atoms with E-state index in [0.717, 1.165) is 34.5 Å². The number of fused-ring (bicyclic) bond motifs is 1. The molecule has 1 aliphatic carbocycles. The number of alkyl halides is 1. The molecule has 1 atom stereocenters. The number of rotatable bonds is 19. The fraction of sp³-hybridized carbons (Fsp3) is 0.548. The Balaban J connectivity index is 1.63. The quantitative estimate of drug-likeness (QED) is 0.0393. The zero-order valence-electron chi connectivity index (χ0n) is 34.5. The summed E-state index contributed by atoms with van der Waals surface area (Å²) >= 11 is 0. The summed E-state index contributed by atoms with van der Waals surface area (Å²) in [7, 11) is -2.79. The number of esters is 2. The van der Waals surface area contributed by atoms with Gasteiger partial charge < -0.3 is 23.8 Å². The van der Waals surface area contributed by atoms with Crippen LogP contribution >= 0.6 is 0 Å². The van der Waals surface area contributed by atoms with Gasteiger partial charge in [0.25, 0.3) is 0 Å². The van der Waals surface area contributed by atoms with Gasteiger partial charge in [-0.1, -0.05) is 75.7 Å². The van der Waals surface area contributed by atoms with Crippen molar-refractivity contribution in [3.8, 4) is 22.4 Å². The summed E-state index contributed by atoms with van der Waals surface area (Å²) < 4.78 is 40.4. The number of ether oxygens (including phenoxy) is 4. The van der Waals surface area contributed by atoms with Gasteiger partial charge in [-0.15, -0.1) is 0 Å². The minimum Gasteiger partial charge on any atom is -0.464 e. The molecule has 0 spiro atoms. The topological polar surface area (TPSA) is 117 Å². The molecule has 0 unspecified atom stereocenters. The molecule has 0 bridgehead atoms. The summed E-state index contributed by atoms with van der Waals surface area (Å²) in [6.07, 6.45) is 3.80. The van der Waals surface area contributed by atoms with Gasteiger partial charge in [-0.3, -0.25) is 4.98 Å². The molecular formula is C42H60FN5O6Si2. The Labute approximate surface area is 333 Å². The van der Waals surface area contributed by atoms with Gasteiger partial charge >= 0.3 is 11.9 Å². The smallest absolute Gasteiger partial charge is 0.343 e. The highest BCUT2D eigenvalue weighted by atomic mass is 28.3. The standard InChI is InChI=1S/C42H60FN5O6Si2/c1-9-53-41(49)36-38(32-18-16-31(17-19-32)37(43)42(50)54-10-2)46-39-34(33-20-21-35(44-26-33)30-14-12-11-13-15-30)27-45-48(39)40(36)47(28-51-22-24-55(3,4)5)29-52-23-25-56(6,7)8/h11-15,20-21,26-27,31-32,37H,9-10,16-19,22-25,28-29H2,1-8H3/t31?,32?,37-/m0/s1. The highest BCUT2D eigenvalue weighted by Crippen LogP contribution is 2.42. The molecule has 3 heterocycles. The number of carbonyl (C=O) groups excluding carboxylic acids is 2. The number of carbonyl (C=O) groups is 2. The molecule has 1 aromatic carbocycles. The molecule has 1 saturated carbocycles. The second kappa shape index (κ2) is 19.4. The molecule has 3 aromatic heterocycles. The van der Waals surface area contributed by atoms with Crippen LogP contribution in [-0.4, -0.2) is 93.7 Å². The van der Waals surface area contributed by atoms with Crippen molar-refractivity contribution in [3.05, 3.63) is 66.1 Å². The van der Waals surface area contributed by atoms with Crippen molar-refractivity contribution in [2.24, 2.45) is 5.92 Å². The maximum Gasteiger partial charge on any atom is 0.343 e. The van der Waals surface area contributed by atoms with Crippen LogP contribution in [0, 0.1) is 5.92 Å². The molecule has 304 valence electrons. The van der Waals surface area contributed by atoms with Gasteiger partial charge in [0, 0.05) is 64.1 Å². The van der Waals surface area contributed by atoms with E-state index in [0.29, 0.717) is 61.6 Å². The summed E-state index contributed by atoms with van der Waals surface area (Å²) in [5, 5.41) is 4.87. The van der Waals surface area contributed by atoms with E-state index in [9.17, 15) is 9.59 Å². The molecule has 0 aliphatic heterocycles. The Hall–Kier alpha value is -3.99. The Kier molecular flexibility index (Phi) is 15.0. The first-order valence-electron chi connectivity index (χ1n) is 20.0. The van der Waals surface area contributed by atoms with E-state index in [2.05, 4.69) is 39.3 Å². The molecule has 0 N–H and O–H groups in total. The zero-order valence-corrected chi connectivity index (χ0v) is 36.5. The first-order chi connectivity index (χ1) is 26.7. The normalized spacial score (nSPS) is 16.8. The minimum atomic E-state index is -1.70. The molecule has 0 amide bonds. The van der Waals surface area contributed by atoms with E-state index in [1.54, 1.807) is 24.6 Å². The van der Waals surface area contributed by atoms with Crippen molar-refractivity contribution >= 4 is 39.6 Å². The summed E-state index contributed by atoms with van der Waals surface area (Å²) in [5.74, 6) is -1.56. The first-order valence-corrected chi connectivity index (χ1v) is 27.4. The van der Waals surface area contributed by atoms with Crippen molar-refractivity contribution in [1.29, 1.82) is 0 Å². The highest BCUT2D eigenvalue weighted by Gasteiger charge is 2.38. The third-order valence-corrected chi connectivity index (χ3v) is 13.6. The van der Waals surface area contributed by atoms with Gasteiger partial charge in [0.2, 0.25) is 0 Å². The van der Waals surface area contributed by atoms with Crippen molar-refractivity contribution in [1.82, 2.24) is 19.6 Å². The number of hydrogen-bond acceptors (Lipinski definition) is 10. The molecule has 1 fully saturated rings. The maximum atomic E-state index is 15.3. The van der Waals surface area contributed by atoms with Gasteiger partial charge in [-0.25, -0.2) is 19.0 Å². The number of benzene rings is 1. The lowest BCUT2D eigenvalue weighted by atomic mass is 9.77. The molecule has 11 nitrogen and oxygen atoms in total. The predicted molar refractivity (Wildman–Crippen MR) is 224 cm³/mol. The zero-order chi connectivity index (χ0) is 40.5. The van der Waals surface area contributed by atoms with Crippen LogP contribution in [0.4, 0.5) is 10.2 Å². The third kappa shape index (κ3) is 11.3. The number of anilines is 1. The Morgan fingerprint density at radius 3 is 2.02 bits per heavy atom.